The molecule has 0 amide bonds. The lowest BCUT2D eigenvalue weighted by atomic mass is 10.1. The van der Waals surface area contributed by atoms with Crippen molar-refractivity contribution >= 4 is 5.95 Å². The molecule has 0 fully saturated rings. The van der Waals surface area contributed by atoms with E-state index in [0.717, 1.165) is 24.6 Å². The molecule has 1 N–H and O–H groups in total. The van der Waals surface area contributed by atoms with Crippen LogP contribution in [0, 0.1) is 6.92 Å². The van der Waals surface area contributed by atoms with Gasteiger partial charge < -0.3 is 10.2 Å². The number of aromatic nitrogens is 2. The molecule has 0 bridgehead atoms. The monoisotopic (exact) mass is 256 g/mol. The van der Waals surface area contributed by atoms with Crippen molar-refractivity contribution in [3.8, 4) is 0 Å². The van der Waals surface area contributed by atoms with Crippen LogP contribution in [0.4, 0.5) is 5.95 Å². The van der Waals surface area contributed by atoms with Gasteiger partial charge in [0.15, 0.2) is 0 Å². The van der Waals surface area contributed by atoms with Crippen LogP contribution in [0.5, 0.6) is 0 Å². The summed E-state index contributed by atoms with van der Waals surface area (Å²) in [5, 5.41) is 3.09. The number of hydrogen-bond acceptors (Lipinski definition) is 4. The van der Waals surface area contributed by atoms with Crippen molar-refractivity contribution in [2.75, 3.05) is 19.0 Å². The van der Waals surface area contributed by atoms with Crippen LogP contribution in [0.25, 0.3) is 0 Å². The number of benzene rings is 1. The number of hydrogen-bond donors (Lipinski definition) is 1. The number of rotatable bonds is 5. The largest absolute Gasteiger partial charge is 0.340 e. The van der Waals surface area contributed by atoms with E-state index < -0.39 is 0 Å². The summed E-state index contributed by atoms with van der Waals surface area (Å²) in [5.74, 6) is 0.753. The number of anilines is 1. The third-order valence-corrected chi connectivity index (χ3v) is 3.08. The highest BCUT2D eigenvalue weighted by Gasteiger charge is 2.06. The van der Waals surface area contributed by atoms with Gasteiger partial charge in [-0.3, -0.25) is 0 Å². The summed E-state index contributed by atoms with van der Waals surface area (Å²) in [6, 6.07) is 8.39. The highest BCUT2D eigenvalue weighted by molar-refractivity contribution is 5.34. The maximum absolute atomic E-state index is 4.40. The second-order valence-corrected chi connectivity index (χ2v) is 4.70. The fourth-order valence-corrected chi connectivity index (χ4v) is 1.95. The summed E-state index contributed by atoms with van der Waals surface area (Å²) in [7, 11) is 3.93. The van der Waals surface area contributed by atoms with Crippen molar-refractivity contribution < 1.29 is 0 Å². The van der Waals surface area contributed by atoms with E-state index in [1.54, 1.807) is 0 Å². The van der Waals surface area contributed by atoms with Crippen molar-refractivity contribution in [1.82, 2.24) is 15.3 Å². The molecule has 1 aromatic heterocycles. The van der Waals surface area contributed by atoms with E-state index >= 15 is 0 Å². The molecular weight excluding hydrogens is 236 g/mol. The minimum absolute atomic E-state index is 0.753. The quantitative estimate of drug-likeness (QED) is 0.890. The Morgan fingerprint density at radius 1 is 1.16 bits per heavy atom. The Morgan fingerprint density at radius 2 is 1.84 bits per heavy atom. The average molecular weight is 256 g/mol. The van der Waals surface area contributed by atoms with Crippen LogP contribution in [0.2, 0.25) is 0 Å². The molecule has 19 heavy (non-hydrogen) atoms. The summed E-state index contributed by atoms with van der Waals surface area (Å²) in [6.45, 7) is 3.74. The molecule has 4 nitrogen and oxygen atoms in total. The van der Waals surface area contributed by atoms with Gasteiger partial charge in [0, 0.05) is 38.1 Å². The molecule has 0 saturated carbocycles. The smallest absolute Gasteiger partial charge is 0.225 e. The molecule has 0 aliphatic rings. The maximum atomic E-state index is 4.40. The highest BCUT2D eigenvalue weighted by Crippen LogP contribution is 2.13. The Morgan fingerprint density at radius 3 is 2.47 bits per heavy atom. The van der Waals surface area contributed by atoms with Gasteiger partial charge in [-0.25, -0.2) is 9.97 Å². The fourth-order valence-electron chi connectivity index (χ4n) is 1.95. The van der Waals surface area contributed by atoms with Crippen LogP contribution < -0.4 is 10.2 Å². The molecule has 0 atom stereocenters. The van der Waals surface area contributed by atoms with Crippen molar-refractivity contribution in [3.63, 3.8) is 0 Å². The molecule has 100 valence electrons. The van der Waals surface area contributed by atoms with Crippen molar-refractivity contribution in [2.45, 2.75) is 20.0 Å². The van der Waals surface area contributed by atoms with Crippen LogP contribution in [0.15, 0.2) is 36.7 Å². The Bertz CT molecular complexity index is 522. The average Bonchev–Trinajstić information content (AvgIpc) is 2.42. The third kappa shape index (κ3) is 3.51. The zero-order chi connectivity index (χ0) is 13.7. The predicted molar refractivity (Wildman–Crippen MR) is 78.1 cm³/mol. The molecular formula is C15H20N4. The van der Waals surface area contributed by atoms with Gasteiger partial charge in [-0.15, -0.1) is 0 Å². The van der Waals surface area contributed by atoms with Gasteiger partial charge in [0.2, 0.25) is 5.95 Å². The van der Waals surface area contributed by atoms with Crippen molar-refractivity contribution in [1.29, 1.82) is 0 Å². The first-order valence-corrected chi connectivity index (χ1v) is 6.42. The van der Waals surface area contributed by atoms with E-state index in [4.69, 9.17) is 0 Å². The van der Waals surface area contributed by atoms with E-state index in [1.165, 1.54) is 11.1 Å². The first kappa shape index (κ1) is 13.5. The summed E-state index contributed by atoms with van der Waals surface area (Å²) >= 11 is 0. The number of nitrogens with one attached hydrogen (secondary N) is 1. The van der Waals surface area contributed by atoms with Crippen molar-refractivity contribution in [2.24, 2.45) is 0 Å². The summed E-state index contributed by atoms with van der Waals surface area (Å²) < 4.78 is 0. The van der Waals surface area contributed by atoms with E-state index in [9.17, 15) is 0 Å². The molecule has 1 aromatic carbocycles. The molecule has 0 saturated heterocycles. The van der Waals surface area contributed by atoms with Gasteiger partial charge in [0.05, 0.1) is 0 Å². The fraction of sp³-hybridized carbons (Fsp3) is 0.333. The maximum Gasteiger partial charge on any atom is 0.225 e. The number of nitrogens with zero attached hydrogens (tertiary/aromatic N) is 3. The van der Waals surface area contributed by atoms with Gasteiger partial charge in [0.25, 0.3) is 0 Å². The Balaban J connectivity index is 2.07. The normalized spacial score (nSPS) is 10.5. The summed E-state index contributed by atoms with van der Waals surface area (Å²) in [4.78, 5) is 10.9. The minimum atomic E-state index is 0.753. The molecule has 0 aliphatic heterocycles. The topological polar surface area (TPSA) is 41.1 Å². The van der Waals surface area contributed by atoms with Crippen LogP contribution in [0.1, 0.15) is 16.7 Å². The summed E-state index contributed by atoms with van der Waals surface area (Å²) in [5.41, 5.74) is 3.68. The second-order valence-electron chi connectivity index (χ2n) is 4.70. The lowest BCUT2D eigenvalue weighted by molar-refractivity contribution is 0.796. The summed E-state index contributed by atoms with van der Waals surface area (Å²) in [6.07, 6.45) is 3.74. The second kappa shape index (κ2) is 6.29. The molecule has 0 radical (unpaired) electrons. The van der Waals surface area contributed by atoms with Gasteiger partial charge in [-0.05, 0) is 25.1 Å². The third-order valence-electron chi connectivity index (χ3n) is 3.08. The van der Waals surface area contributed by atoms with E-state index in [-0.39, 0.29) is 0 Å². The van der Waals surface area contributed by atoms with Crippen LogP contribution in [0.3, 0.4) is 0 Å². The first-order chi connectivity index (χ1) is 9.20. The standard InChI is InChI=1S/C15H20N4/c1-12-6-4-5-7-14(12)11-19(3)15-17-9-13(8-16-2)10-18-15/h4-7,9-10,16H,8,11H2,1-3H3. The minimum Gasteiger partial charge on any atom is -0.340 e. The molecule has 0 spiro atoms. The Kier molecular flexibility index (Phi) is 4.47. The van der Waals surface area contributed by atoms with E-state index in [2.05, 4.69) is 51.4 Å². The van der Waals surface area contributed by atoms with Crippen LogP contribution >= 0.6 is 0 Å². The Hall–Kier alpha value is -1.94. The van der Waals surface area contributed by atoms with Gasteiger partial charge in [0.1, 0.15) is 0 Å². The first-order valence-electron chi connectivity index (χ1n) is 6.42. The Labute approximate surface area is 114 Å². The molecule has 2 aromatic rings. The van der Waals surface area contributed by atoms with Crippen molar-refractivity contribution in [3.05, 3.63) is 53.3 Å². The SMILES string of the molecule is CNCc1cnc(N(C)Cc2ccccc2C)nc1. The van der Waals surface area contributed by atoms with E-state index in [0.29, 0.717) is 0 Å². The molecule has 1 heterocycles. The molecule has 0 aliphatic carbocycles. The molecule has 2 rings (SSSR count). The lowest BCUT2D eigenvalue weighted by Crippen LogP contribution is -2.20. The van der Waals surface area contributed by atoms with Gasteiger partial charge in [-0.2, -0.15) is 0 Å². The van der Waals surface area contributed by atoms with Crippen LogP contribution in [-0.2, 0) is 13.1 Å². The van der Waals surface area contributed by atoms with Crippen LogP contribution in [-0.4, -0.2) is 24.1 Å². The highest BCUT2D eigenvalue weighted by atomic mass is 15.2. The zero-order valence-electron chi connectivity index (χ0n) is 11.7. The van der Waals surface area contributed by atoms with Gasteiger partial charge in [-0.1, -0.05) is 24.3 Å². The van der Waals surface area contributed by atoms with Gasteiger partial charge >= 0.3 is 0 Å². The lowest BCUT2D eigenvalue weighted by Gasteiger charge is -2.18. The molecule has 4 heteroatoms. The zero-order valence-corrected chi connectivity index (χ0v) is 11.7. The predicted octanol–water partition coefficient (Wildman–Crippen LogP) is 2.14. The van der Waals surface area contributed by atoms with E-state index in [1.807, 2.05) is 26.5 Å². The number of aryl methyl sites for hydroxylation is 1. The molecule has 0 unspecified atom stereocenters.